The lowest BCUT2D eigenvalue weighted by atomic mass is 10.1. The van der Waals surface area contributed by atoms with E-state index < -0.39 is 17.7 Å². The second-order valence-corrected chi connectivity index (χ2v) is 4.14. The summed E-state index contributed by atoms with van der Waals surface area (Å²) < 4.78 is 19.1. The van der Waals surface area contributed by atoms with Crippen LogP contribution in [0.25, 0.3) is 0 Å². The Kier molecular flexibility index (Phi) is 3.75. The fraction of sp³-hybridized carbons (Fsp3) is 0. The van der Waals surface area contributed by atoms with Crippen LogP contribution >= 0.6 is 0 Å². The third-order valence-corrected chi connectivity index (χ3v) is 2.71. The third kappa shape index (κ3) is 2.92. The largest absolute Gasteiger partial charge is 0.478 e. The van der Waals surface area contributed by atoms with E-state index in [0.29, 0.717) is 0 Å². The van der Waals surface area contributed by atoms with E-state index in [4.69, 9.17) is 21.3 Å². The van der Waals surface area contributed by atoms with Gasteiger partial charge in [-0.1, -0.05) is 12.1 Å². The summed E-state index contributed by atoms with van der Waals surface area (Å²) in [5, 5.41) is 8.96. The molecule has 2 rings (SSSR count). The molecule has 7 heteroatoms. The number of carbonyl (C=O) groups excluding carboxylic acids is 1. The lowest BCUT2D eigenvalue weighted by Gasteiger charge is -2.11. The number of para-hydroxylation sites is 1. The van der Waals surface area contributed by atoms with Crippen molar-refractivity contribution >= 4 is 17.6 Å². The minimum Gasteiger partial charge on any atom is -0.478 e. The number of primary amides is 1. The number of nitrogens with two attached hydrogens (primary N) is 2. The summed E-state index contributed by atoms with van der Waals surface area (Å²) in [6, 6.07) is 7.74. The fourth-order valence-electron chi connectivity index (χ4n) is 1.71. The summed E-state index contributed by atoms with van der Waals surface area (Å²) in [5.41, 5.74) is 10.1. The van der Waals surface area contributed by atoms with Gasteiger partial charge in [0.1, 0.15) is 5.75 Å². The topological polar surface area (TPSA) is 116 Å². The summed E-state index contributed by atoms with van der Waals surface area (Å²) in [7, 11) is 0. The average Bonchev–Trinajstić information content (AvgIpc) is 2.41. The molecule has 0 aliphatic heterocycles. The summed E-state index contributed by atoms with van der Waals surface area (Å²) in [6.45, 7) is 0. The fourth-order valence-corrected chi connectivity index (χ4v) is 1.71. The number of benzene rings is 2. The zero-order valence-electron chi connectivity index (χ0n) is 10.7. The van der Waals surface area contributed by atoms with Crippen LogP contribution in [0.4, 0.5) is 10.1 Å². The van der Waals surface area contributed by atoms with Crippen LogP contribution in [0.2, 0.25) is 0 Å². The van der Waals surface area contributed by atoms with Crippen LogP contribution in [0.15, 0.2) is 36.4 Å². The summed E-state index contributed by atoms with van der Waals surface area (Å²) in [5.74, 6) is -3.27. The van der Waals surface area contributed by atoms with Crippen LogP contribution in [-0.2, 0) is 0 Å². The monoisotopic (exact) mass is 290 g/mol. The smallest absolute Gasteiger partial charge is 0.337 e. The number of hydrogen-bond donors (Lipinski definition) is 3. The summed E-state index contributed by atoms with van der Waals surface area (Å²) >= 11 is 0. The molecule has 108 valence electrons. The second-order valence-electron chi connectivity index (χ2n) is 4.14. The van der Waals surface area contributed by atoms with Gasteiger partial charge in [-0.25, -0.2) is 9.18 Å². The zero-order chi connectivity index (χ0) is 15.6. The Labute approximate surface area is 118 Å². The predicted octanol–water partition coefficient (Wildman–Crippen LogP) is 2.00. The van der Waals surface area contributed by atoms with Gasteiger partial charge in [0.2, 0.25) is 0 Å². The number of hydrogen-bond acceptors (Lipinski definition) is 4. The van der Waals surface area contributed by atoms with E-state index >= 15 is 0 Å². The molecule has 0 saturated carbocycles. The Morgan fingerprint density at radius 1 is 1.10 bits per heavy atom. The number of rotatable bonds is 4. The number of carboxylic acids is 1. The summed E-state index contributed by atoms with van der Waals surface area (Å²) in [4.78, 5) is 22.2. The van der Waals surface area contributed by atoms with Gasteiger partial charge in [0.15, 0.2) is 11.6 Å². The maximum absolute atomic E-state index is 13.8. The second kappa shape index (κ2) is 5.49. The first-order valence-electron chi connectivity index (χ1n) is 5.79. The molecule has 2 aromatic rings. The molecular weight excluding hydrogens is 279 g/mol. The molecule has 0 spiro atoms. The van der Waals surface area contributed by atoms with Crippen molar-refractivity contribution in [2.24, 2.45) is 5.73 Å². The molecule has 0 saturated heterocycles. The Morgan fingerprint density at radius 2 is 1.76 bits per heavy atom. The number of carboxylic acid groups (broad SMARTS) is 1. The highest BCUT2D eigenvalue weighted by atomic mass is 19.1. The van der Waals surface area contributed by atoms with Gasteiger partial charge in [-0.15, -0.1) is 0 Å². The summed E-state index contributed by atoms with van der Waals surface area (Å²) in [6.07, 6.45) is 0. The molecule has 5 N–H and O–H groups in total. The van der Waals surface area contributed by atoms with Crippen molar-refractivity contribution in [3.05, 3.63) is 53.3 Å². The average molecular weight is 290 g/mol. The van der Waals surface area contributed by atoms with Crippen molar-refractivity contribution in [2.75, 3.05) is 5.73 Å². The van der Waals surface area contributed by atoms with Gasteiger partial charge in [0.25, 0.3) is 5.91 Å². The lowest BCUT2D eigenvalue weighted by molar-refractivity contribution is 0.0697. The number of anilines is 1. The number of amides is 1. The first-order valence-corrected chi connectivity index (χ1v) is 5.79. The third-order valence-electron chi connectivity index (χ3n) is 2.71. The van der Waals surface area contributed by atoms with Crippen LogP contribution in [0.3, 0.4) is 0 Å². The Balaban J connectivity index is 2.47. The Hall–Kier alpha value is -3.09. The molecule has 0 unspecified atom stereocenters. The van der Waals surface area contributed by atoms with Crippen molar-refractivity contribution < 1.29 is 23.8 Å². The first-order chi connectivity index (χ1) is 9.90. The van der Waals surface area contributed by atoms with Crippen molar-refractivity contribution in [2.45, 2.75) is 0 Å². The molecule has 2 aromatic carbocycles. The molecule has 6 nitrogen and oxygen atoms in total. The van der Waals surface area contributed by atoms with Crippen LogP contribution in [0.1, 0.15) is 20.7 Å². The minimum absolute atomic E-state index is 0.0185. The highest BCUT2D eigenvalue weighted by Gasteiger charge is 2.16. The van der Waals surface area contributed by atoms with Gasteiger partial charge in [-0.05, 0) is 12.1 Å². The quantitative estimate of drug-likeness (QED) is 0.745. The molecule has 0 heterocycles. The first kappa shape index (κ1) is 14.3. The zero-order valence-corrected chi connectivity index (χ0v) is 10.7. The molecular formula is C14H11FN2O4. The molecule has 0 aliphatic rings. The van der Waals surface area contributed by atoms with E-state index in [-0.39, 0.29) is 28.3 Å². The molecule has 21 heavy (non-hydrogen) atoms. The molecule has 1 amide bonds. The van der Waals surface area contributed by atoms with Gasteiger partial charge in [-0.2, -0.15) is 0 Å². The number of halogens is 1. The minimum atomic E-state index is -1.32. The van der Waals surface area contributed by atoms with Crippen molar-refractivity contribution in [3.63, 3.8) is 0 Å². The molecule has 0 radical (unpaired) electrons. The van der Waals surface area contributed by atoms with E-state index in [0.717, 1.165) is 12.1 Å². The Bertz CT molecular complexity index is 731. The van der Waals surface area contributed by atoms with Gasteiger partial charge < -0.3 is 21.3 Å². The highest BCUT2D eigenvalue weighted by Crippen LogP contribution is 2.30. The maximum atomic E-state index is 13.8. The molecule has 0 aromatic heterocycles. The standard InChI is InChI=1S/C14H11FN2O4/c15-9-6-10(16)8(14(19)20)5-12(9)21-11-4-2-1-3-7(11)13(17)18/h1-6H,16H2,(H2,17,18)(H,19,20). The normalized spacial score (nSPS) is 10.1. The van der Waals surface area contributed by atoms with Crippen LogP contribution in [0, 0.1) is 5.82 Å². The van der Waals surface area contributed by atoms with Gasteiger partial charge in [0.05, 0.1) is 11.1 Å². The number of carbonyl (C=O) groups is 2. The molecule has 0 fully saturated rings. The van der Waals surface area contributed by atoms with Gasteiger partial charge in [0, 0.05) is 17.8 Å². The number of aromatic carboxylic acids is 1. The Morgan fingerprint density at radius 3 is 2.38 bits per heavy atom. The molecule has 0 bridgehead atoms. The van der Waals surface area contributed by atoms with E-state index in [1.54, 1.807) is 12.1 Å². The molecule has 0 atom stereocenters. The van der Waals surface area contributed by atoms with E-state index in [2.05, 4.69) is 0 Å². The number of ether oxygens (including phenoxy) is 1. The van der Waals surface area contributed by atoms with Crippen molar-refractivity contribution in [1.82, 2.24) is 0 Å². The van der Waals surface area contributed by atoms with E-state index in [1.807, 2.05) is 0 Å². The SMILES string of the molecule is NC(=O)c1ccccc1Oc1cc(C(=O)O)c(N)cc1F. The maximum Gasteiger partial charge on any atom is 0.337 e. The van der Waals surface area contributed by atoms with Gasteiger partial charge in [-0.3, -0.25) is 4.79 Å². The van der Waals surface area contributed by atoms with Crippen LogP contribution < -0.4 is 16.2 Å². The van der Waals surface area contributed by atoms with Gasteiger partial charge >= 0.3 is 5.97 Å². The predicted molar refractivity (Wildman–Crippen MR) is 72.8 cm³/mol. The number of nitrogen functional groups attached to an aromatic ring is 1. The van der Waals surface area contributed by atoms with Crippen LogP contribution in [0.5, 0.6) is 11.5 Å². The van der Waals surface area contributed by atoms with E-state index in [9.17, 15) is 14.0 Å². The van der Waals surface area contributed by atoms with E-state index in [1.165, 1.54) is 12.1 Å². The highest BCUT2D eigenvalue weighted by molar-refractivity contribution is 5.96. The van der Waals surface area contributed by atoms with Crippen molar-refractivity contribution in [1.29, 1.82) is 0 Å². The lowest BCUT2D eigenvalue weighted by Crippen LogP contribution is -2.12. The van der Waals surface area contributed by atoms with Crippen molar-refractivity contribution in [3.8, 4) is 11.5 Å². The van der Waals surface area contributed by atoms with Crippen LogP contribution in [-0.4, -0.2) is 17.0 Å². The molecule has 0 aliphatic carbocycles.